The number of aryl methyl sites for hydroxylation is 1. The minimum atomic E-state index is 0.0969. The number of rotatable bonds is 4. The molecule has 30 heavy (non-hydrogen) atoms. The second kappa shape index (κ2) is 8.20. The largest absolute Gasteiger partial charge is 0.508 e. The number of hydrogen-bond donors (Lipinski definition) is 2. The molecule has 5 rings (SSSR count). The predicted octanol–water partition coefficient (Wildman–Crippen LogP) is 3.95. The van der Waals surface area contributed by atoms with Crippen LogP contribution in [0.2, 0.25) is 0 Å². The van der Waals surface area contributed by atoms with Crippen LogP contribution in [0.4, 0.5) is 0 Å². The first-order chi connectivity index (χ1) is 14.7. The third-order valence-electron chi connectivity index (χ3n) is 6.07. The molecule has 0 amide bonds. The lowest BCUT2D eigenvalue weighted by Gasteiger charge is -2.26. The first-order valence-electron chi connectivity index (χ1n) is 10.7. The van der Waals surface area contributed by atoms with Crippen molar-refractivity contribution in [1.29, 1.82) is 0 Å². The standard InChI is InChI=1S/C24H27N3O3/c1-15-12-17(4-9-26-15)22-20-3-2-18(28)13-21(20)24(30-19-5-8-25-14-19)27-23(22)16-6-10-29-11-7-16/h2-4,9,12-13,16,19,25,28H,5-8,10-11,14H2,1H3. The molecule has 2 saturated heterocycles. The molecule has 1 aromatic carbocycles. The summed E-state index contributed by atoms with van der Waals surface area (Å²) in [6.07, 6.45) is 4.79. The number of aromatic nitrogens is 2. The summed E-state index contributed by atoms with van der Waals surface area (Å²) in [5.74, 6) is 1.14. The van der Waals surface area contributed by atoms with Crippen LogP contribution in [-0.4, -0.2) is 47.5 Å². The number of phenols is 1. The van der Waals surface area contributed by atoms with E-state index in [0.29, 0.717) is 11.8 Å². The highest BCUT2D eigenvalue weighted by atomic mass is 16.5. The zero-order valence-corrected chi connectivity index (χ0v) is 17.2. The van der Waals surface area contributed by atoms with Gasteiger partial charge in [-0.05, 0) is 74.0 Å². The fourth-order valence-corrected chi connectivity index (χ4v) is 4.54. The van der Waals surface area contributed by atoms with E-state index >= 15 is 0 Å². The van der Waals surface area contributed by atoms with Gasteiger partial charge in [-0.25, -0.2) is 4.98 Å². The Balaban J connectivity index is 1.74. The zero-order chi connectivity index (χ0) is 20.5. The first kappa shape index (κ1) is 19.3. The number of benzene rings is 1. The first-order valence-corrected chi connectivity index (χ1v) is 10.7. The second-order valence-electron chi connectivity index (χ2n) is 8.21. The fourth-order valence-electron chi connectivity index (χ4n) is 4.54. The minimum Gasteiger partial charge on any atom is -0.508 e. The zero-order valence-electron chi connectivity index (χ0n) is 17.2. The molecule has 2 fully saturated rings. The summed E-state index contributed by atoms with van der Waals surface area (Å²) in [5, 5.41) is 15.5. The fraction of sp³-hybridized carbons (Fsp3) is 0.417. The maximum Gasteiger partial charge on any atom is 0.222 e. The summed E-state index contributed by atoms with van der Waals surface area (Å²) in [6, 6.07) is 9.65. The average molecular weight is 405 g/mol. The van der Waals surface area contributed by atoms with Gasteiger partial charge < -0.3 is 19.9 Å². The van der Waals surface area contributed by atoms with E-state index in [4.69, 9.17) is 14.5 Å². The van der Waals surface area contributed by atoms with Crippen molar-refractivity contribution in [2.75, 3.05) is 26.3 Å². The molecule has 2 aliphatic heterocycles. The van der Waals surface area contributed by atoms with Gasteiger partial charge in [0.05, 0.1) is 5.69 Å². The van der Waals surface area contributed by atoms with E-state index in [1.54, 1.807) is 12.1 Å². The number of phenolic OH excluding ortho intramolecular Hbond substituents is 1. The molecule has 0 saturated carbocycles. The number of aromatic hydroxyl groups is 1. The van der Waals surface area contributed by atoms with Crippen LogP contribution in [0.5, 0.6) is 11.6 Å². The Kier molecular flexibility index (Phi) is 5.27. The SMILES string of the molecule is Cc1cc(-c2c(C3CCOCC3)nc(OC3CCNC3)c3cc(O)ccc23)ccn1. The highest BCUT2D eigenvalue weighted by Crippen LogP contribution is 2.42. The predicted molar refractivity (Wildman–Crippen MR) is 116 cm³/mol. The number of nitrogens with zero attached hydrogens (tertiary/aromatic N) is 2. The van der Waals surface area contributed by atoms with Crippen LogP contribution in [0, 0.1) is 6.92 Å². The Morgan fingerprint density at radius 3 is 2.73 bits per heavy atom. The molecule has 4 heterocycles. The Hall–Kier alpha value is -2.70. The van der Waals surface area contributed by atoms with Crippen molar-refractivity contribution in [3.63, 3.8) is 0 Å². The summed E-state index contributed by atoms with van der Waals surface area (Å²) < 4.78 is 12.0. The van der Waals surface area contributed by atoms with Crippen LogP contribution in [0.25, 0.3) is 21.9 Å². The topological polar surface area (TPSA) is 76.5 Å². The van der Waals surface area contributed by atoms with E-state index in [1.807, 2.05) is 25.3 Å². The molecule has 0 spiro atoms. The molecule has 1 atom stereocenters. The van der Waals surface area contributed by atoms with E-state index in [9.17, 15) is 5.11 Å². The molecule has 2 aromatic heterocycles. The van der Waals surface area contributed by atoms with Gasteiger partial charge in [0.1, 0.15) is 11.9 Å². The average Bonchev–Trinajstić information content (AvgIpc) is 3.27. The monoisotopic (exact) mass is 405 g/mol. The van der Waals surface area contributed by atoms with Crippen molar-refractivity contribution in [3.05, 3.63) is 47.9 Å². The van der Waals surface area contributed by atoms with Crippen LogP contribution in [0.1, 0.15) is 36.6 Å². The van der Waals surface area contributed by atoms with E-state index in [0.717, 1.165) is 78.9 Å². The molecular weight excluding hydrogens is 378 g/mol. The number of nitrogens with one attached hydrogen (secondary N) is 1. The Bertz CT molecular complexity index is 1060. The third-order valence-corrected chi connectivity index (χ3v) is 6.07. The lowest BCUT2D eigenvalue weighted by Crippen LogP contribution is -2.21. The molecule has 2 aliphatic rings. The normalized spacial score (nSPS) is 20.0. The highest BCUT2D eigenvalue weighted by molar-refractivity contribution is 6.01. The van der Waals surface area contributed by atoms with Gasteiger partial charge in [0, 0.05) is 48.5 Å². The van der Waals surface area contributed by atoms with Gasteiger partial charge >= 0.3 is 0 Å². The van der Waals surface area contributed by atoms with Crippen molar-refractivity contribution in [3.8, 4) is 22.8 Å². The van der Waals surface area contributed by atoms with Gasteiger partial charge in [-0.15, -0.1) is 0 Å². The molecule has 6 nitrogen and oxygen atoms in total. The molecule has 1 unspecified atom stereocenters. The number of pyridine rings is 2. The lowest BCUT2D eigenvalue weighted by molar-refractivity contribution is 0.0844. The minimum absolute atomic E-state index is 0.0969. The molecule has 0 aliphatic carbocycles. The van der Waals surface area contributed by atoms with Crippen molar-refractivity contribution in [1.82, 2.24) is 15.3 Å². The van der Waals surface area contributed by atoms with Crippen LogP contribution >= 0.6 is 0 Å². The summed E-state index contributed by atoms with van der Waals surface area (Å²) in [6.45, 7) is 5.27. The smallest absolute Gasteiger partial charge is 0.222 e. The molecular formula is C24H27N3O3. The van der Waals surface area contributed by atoms with Gasteiger partial charge in [-0.1, -0.05) is 0 Å². The van der Waals surface area contributed by atoms with Gasteiger partial charge in [-0.3, -0.25) is 4.98 Å². The van der Waals surface area contributed by atoms with Gasteiger partial charge in [0.25, 0.3) is 0 Å². The molecule has 3 aromatic rings. The lowest BCUT2D eigenvalue weighted by atomic mass is 9.87. The van der Waals surface area contributed by atoms with E-state index in [-0.39, 0.29) is 11.9 Å². The Morgan fingerprint density at radius 2 is 1.97 bits per heavy atom. The van der Waals surface area contributed by atoms with Crippen LogP contribution in [-0.2, 0) is 4.74 Å². The quantitative estimate of drug-likeness (QED) is 0.685. The van der Waals surface area contributed by atoms with E-state index in [2.05, 4.69) is 16.4 Å². The molecule has 156 valence electrons. The van der Waals surface area contributed by atoms with E-state index in [1.165, 1.54) is 0 Å². The number of ether oxygens (including phenoxy) is 2. The molecule has 0 radical (unpaired) electrons. The Labute approximate surface area is 176 Å². The summed E-state index contributed by atoms with van der Waals surface area (Å²) in [5.41, 5.74) is 4.23. The van der Waals surface area contributed by atoms with Crippen molar-refractivity contribution in [2.24, 2.45) is 0 Å². The summed E-state index contributed by atoms with van der Waals surface area (Å²) in [7, 11) is 0. The van der Waals surface area contributed by atoms with Crippen LogP contribution < -0.4 is 10.1 Å². The van der Waals surface area contributed by atoms with Gasteiger partial charge in [0.2, 0.25) is 5.88 Å². The third kappa shape index (κ3) is 3.73. The summed E-state index contributed by atoms with van der Waals surface area (Å²) >= 11 is 0. The maximum atomic E-state index is 10.2. The molecule has 6 heteroatoms. The number of fused-ring (bicyclic) bond motifs is 1. The highest BCUT2D eigenvalue weighted by Gasteiger charge is 2.27. The van der Waals surface area contributed by atoms with Crippen LogP contribution in [0.3, 0.4) is 0 Å². The Morgan fingerprint density at radius 1 is 1.10 bits per heavy atom. The van der Waals surface area contributed by atoms with Crippen LogP contribution in [0.15, 0.2) is 36.5 Å². The van der Waals surface area contributed by atoms with Crippen molar-refractivity contribution < 1.29 is 14.6 Å². The second-order valence-corrected chi connectivity index (χ2v) is 8.21. The van der Waals surface area contributed by atoms with Crippen molar-refractivity contribution in [2.45, 2.75) is 38.2 Å². The summed E-state index contributed by atoms with van der Waals surface area (Å²) in [4.78, 5) is 9.47. The van der Waals surface area contributed by atoms with Gasteiger partial charge in [0.15, 0.2) is 0 Å². The van der Waals surface area contributed by atoms with Crippen molar-refractivity contribution >= 4 is 10.8 Å². The maximum absolute atomic E-state index is 10.2. The molecule has 2 N–H and O–H groups in total. The van der Waals surface area contributed by atoms with E-state index < -0.39 is 0 Å². The number of hydrogen-bond acceptors (Lipinski definition) is 6. The molecule has 0 bridgehead atoms. The van der Waals surface area contributed by atoms with Gasteiger partial charge in [-0.2, -0.15) is 0 Å².